The molecule has 0 aromatic heterocycles. The van der Waals surface area contributed by atoms with Crippen molar-refractivity contribution in [3.8, 4) is 5.75 Å². The van der Waals surface area contributed by atoms with Gasteiger partial charge in [0.1, 0.15) is 11.6 Å². The molecule has 29 heavy (non-hydrogen) atoms. The monoisotopic (exact) mass is 519 g/mol. The summed E-state index contributed by atoms with van der Waals surface area (Å²) in [6.45, 7) is 4.06. The molecule has 1 heterocycles. The molecule has 0 spiro atoms. The van der Waals surface area contributed by atoms with Crippen LogP contribution >= 0.6 is 22.6 Å². The fourth-order valence-electron chi connectivity index (χ4n) is 3.16. The summed E-state index contributed by atoms with van der Waals surface area (Å²) >= 11 is 1.97. The summed E-state index contributed by atoms with van der Waals surface area (Å²) in [5.74, 6) is -2.05. The zero-order valence-electron chi connectivity index (χ0n) is 15.9. The van der Waals surface area contributed by atoms with Gasteiger partial charge in [0.05, 0.1) is 24.2 Å². The molecule has 0 saturated carbocycles. The Labute approximate surface area is 180 Å². The quantitative estimate of drug-likeness (QED) is 0.293. The highest BCUT2D eigenvalue weighted by Gasteiger charge is 2.32. The Morgan fingerprint density at radius 1 is 1.28 bits per heavy atom. The summed E-state index contributed by atoms with van der Waals surface area (Å²) < 4.78 is 45.7. The predicted octanol–water partition coefficient (Wildman–Crippen LogP) is 4.99. The number of hydrogen-bond acceptors (Lipinski definition) is 5. The van der Waals surface area contributed by atoms with Crippen molar-refractivity contribution in [1.29, 1.82) is 0 Å². The van der Waals surface area contributed by atoms with Crippen molar-refractivity contribution in [3.63, 3.8) is 0 Å². The van der Waals surface area contributed by atoms with Gasteiger partial charge in [-0.1, -0.05) is 6.07 Å². The van der Waals surface area contributed by atoms with Gasteiger partial charge < -0.3 is 14.2 Å². The van der Waals surface area contributed by atoms with Gasteiger partial charge in [0, 0.05) is 28.0 Å². The van der Waals surface area contributed by atoms with E-state index in [9.17, 15) is 18.9 Å². The Bertz CT molecular complexity index is 922. The van der Waals surface area contributed by atoms with E-state index in [2.05, 4.69) is 0 Å². The van der Waals surface area contributed by atoms with Crippen molar-refractivity contribution >= 4 is 28.3 Å². The van der Waals surface area contributed by atoms with E-state index >= 15 is 0 Å². The zero-order valence-corrected chi connectivity index (χ0v) is 18.1. The normalized spacial score (nSPS) is 18.0. The van der Waals surface area contributed by atoms with Crippen LogP contribution in [0.2, 0.25) is 0 Å². The van der Waals surface area contributed by atoms with Gasteiger partial charge in [-0.15, -0.1) is 0 Å². The zero-order chi connectivity index (χ0) is 21.2. The minimum absolute atomic E-state index is 0.0479. The number of nitro groups is 1. The fourth-order valence-corrected chi connectivity index (χ4v) is 3.61. The Balaban J connectivity index is 1.79. The maximum atomic E-state index is 14.2. The second-order valence-electron chi connectivity index (χ2n) is 7.17. The predicted molar refractivity (Wildman–Crippen MR) is 110 cm³/mol. The second kappa shape index (κ2) is 8.88. The molecule has 6 nitrogen and oxygen atoms in total. The molecule has 1 fully saturated rings. The van der Waals surface area contributed by atoms with E-state index in [0.29, 0.717) is 16.6 Å². The van der Waals surface area contributed by atoms with Crippen molar-refractivity contribution in [2.24, 2.45) is 0 Å². The highest BCUT2D eigenvalue weighted by atomic mass is 127. The van der Waals surface area contributed by atoms with Crippen LogP contribution in [-0.4, -0.2) is 30.0 Å². The lowest BCUT2D eigenvalue weighted by Crippen LogP contribution is -2.22. The lowest BCUT2D eigenvalue weighted by atomic mass is 10.0. The lowest BCUT2D eigenvalue weighted by molar-refractivity contribution is -0.386. The summed E-state index contributed by atoms with van der Waals surface area (Å²) in [4.78, 5) is 11.0. The van der Waals surface area contributed by atoms with Gasteiger partial charge in [0.15, 0.2) is 11.5 Å². The van der Waals surface area contributed by atoms with Crippen LogP contribution in [0, 0.1) is 25.3 Å². The fraction of sp³-hybridized carbons (Fsp3) is 0.400. The van der Waals surface area contributed by atoms with Gasteiger partial charge in [-0.3, -0.25) is 10.1 Å². The number of halogens is 3. The van der Waals surface area contributed by atoms with E-state index in [-0.39, 0.29) is 41.7 Å². The number of benzene rings is 2. The smallest absolute Gasteiger partial charge is 0.314 e. The van der Waals surface area contributed by atoms with Crippen molar-refractivity contribution in [2.75, 3.05) is 13.2 Å². The Kier molecular flexibility index (Phi) is 6.69. The van der Waals surface area contributed by atoms with Crippen molar-refractivity contribution in [2.45, 2.75) is 38.6 Å². The molecule has 1 aliphatic heterocycles. The maximum absolute atomic E-state index is 14.2. The van der Waals surface area contributed by atoms with Gasteiger partial charge in [0.2, 0.25) is 0 Å². The molecule has 0 radical (unpaired) electrons. The molecule has 2 aromatic rings. The lowest BCUT2D eigenvalue weighted by Gasteiger charge is -2.17. The SMILES string of the molecule is CC1(C)OCC(CCOc2cc(F)cc(Cc3ccc(I)cc3F)c2[N+](=O)[O-])O1. The van der Waals surface area contributed by atoms with Crippen LogP contribution in [0.15, 0.2) is 30.3 Å². The molecule has 156 valence electrons. The molecule has 0 aliphatic carbocycles. The van der Waals surface area contributed by atoms with Crippen LogP contribution in [0.3, 0.4) is 0 Å². The molecule has 1 aliphatic rings. The van der Waals surface area contributed by atoms with Crippen LogP contribution in [0.25, 0.3) is 0 Å². The van der Waals surface area contributed by atoms with E-state index in [1.54, 1.807) is 19.9 Å². The first-order chi connectivity index (χ1) is 13.6. The summed E-state index contributed by atoms with van der Waals surface area (Å²) in [5.41, 5.74) is -0.0798. The number of rotatable bonds is 7. The molecule has 1 saturated heterocycles. The van der Waals surface area contributed by atoms with Crippen LogP contribution in [-0.2, 0) is 15.9 Å². The molecular weight excluding hydrogens is 499 g/mol. The highest BCUT2D eigenvalue weighted by molar-refractivity contribution is 14.1. The second-order valence-corrected chi connectivity index (χ2v) is 8.41. The Hall–Kier alpha value is -1.85. The topological polar surface area (TPSA) is 70.8 Å². The first-order valence-electron chi connectivity index (χ1n) is 9.00. The van der Waals surface area contributed by atoms with Crippen LogP contribution in [0.1, 0.15) is 31.4 Å². The molecule has 1 unspecified atom stereocenters. The van der Waals surface area contributed by atoms with Gasteiger partial charge in [0.25, 0.3) is 0 Å². The van der Waals surface area contributed by atoms with Crippen LogP contribution in [0.4, 0.5) is 14.5 Å². The molecule has 0 bridgehead atoms. The van der Waals surface area contributed by atoms with E-state index in [1.807, 2.05) is 22.6 Å². The Morgan fingerprint density at radius 3 is 2.66 bits per heavy atom. The van der Waals surface area contributed by atoms with Crippen LogP contribution in [0.5, 0.6) is 5.75 Å². The minimum atomic E-state index is -0.687. The van der Waals surface area contributed by atoms with Gasteiger partial charge in [-0.2, -0.15) is 0 Å². The number of nitro benzene ring substituents is 1. The average molecular weight is 519 g/mol. The summed E-state index contributed by atoms with van der Waals surface area (Å²) in [5, 5.41) is 11.7. The third-order valence-electron chi connectivity index (χ3n) is 4.46. The van der Waals surface area contributed by atoms with Gasteiger partial charge in [-0.05, 0) is 60.2 Å². The van der Waals surface area contributed by atoms with Gasteiger partial charge in [-0.25, -0.2) is 8.78 Å². The van der Waals surface area contributed by atoms with E-state index in [4.69, 9.17) is 14.2 Å². The van der Waals surface area contributed by atoms with Crippen molar-refractivity contribution in [1.82, 2.24) is 0 Å². The largest absolute Gasteiger partial charge is 0.487 e. The minimum Gasteiger partial charge on any atom is -0.487 e. The molecule has 0 amide bonds. The Morgan fingerprint density at radius 2 is 2.03 bits per heavy atom. The number of ether oxygens (including phenoxy) is 3. The standard InChI is InChI=1S/C20H20F2INO5/c1-20(2)28-11-16(29-20)5-6-27-18-9-14(21)8-13(19(18)24(25)26)7-12-3-4-15(23)10-17(12)22/h3-4,8-10,16H,5-7,11H2,1-2H3. The van der Waals surface area contributed by atoms with Crippen molar-refractivity contribution in [3.05, 3.63) is 66.8 Å². The third-order valence-corrected chi connectivity index (χ3v) is 5.13. The maximum Gasteiger partial charge on any atom is 0.314 e. The van der Waals surface area contributed by atoms with E-state index in [0.717, 1.165) is 12.1 Å². The number of hydrogen-bond donors (Lipinski definition) is 0. The molecular formula is C20H20F2INO5. The van der Waals surface area contributed by atoms with E-state index < -0.39 is 22.3 Å². The first kappa shape index (κ1) is 21.8. The van der Waals surface area contributed by atoms with E-state index in [1.165, 1.54) is 12.1 Å². The molecule has 2 aromatic carbocycles. The van der Waals surface area contributed by atoms with Gasteiger partial charge >= 0.3 is 5.69 Å². The third kappa shape index (κ3) is 5.61. The first-order valence-corrected chi connectivity index (χ1v) is 10.1. The highest BCUT2D eigenvalue weighted by Crippen LogP contribution is 2.34. The molecule has 3 rings (SSSR count). The average Bonchev–Trinajstić information content (AvgIpc) is 2.95. The van der Waals surface area contributed by atoms with Crippen LogP contribution < -0.4 is 4.74 Å². The summed E-state index contributed by atoms with van der Waals surface area (Å²) in [7, 11) is 0. The summed E-state index contributed by atoms with van der Waals surface area (Å²) in [6, 6.07) is 6.56. The number of nitrogens with zero attached hydrogens (tertiary/aromatic N) is 1. The van der Waals surface area contributed by atoms with Crippen molar-refractivity contribution < 1.29 is 27.9 Å². The summed E-state index contributed by atoms with van der Waals surface area (Å²) in [6.07, 6.45) is 0.0945. The molecule has 9 heteroatoms. The molecule has 0 N–H and O–H groups in total. The molecule has 1 atom stereocenters.